The van der Waals surface area contributed by atoms with Crippen LogP contribution >= 0.6 is 0 Å². The number of benzene rings is 1. The van der Waals surface area contributed by atoms with Crippen molar-refractivity contribution in [3.8, 4) is 0 Å². The molecule has 3 unspecified atom stereocenters. The molecule has 0 aromatic heterocycles. The molecule has 2 nitrogen and oxygen atoms in total. The molecule has 0 radical (unpaired) electrons. The van der Waals surface area contributed by atoms with E-state index >= 15 is 0 Å². The highest BCUT2D eigenvalue weighted by atomic mass is 15.2. The topological polar surface area (TPSA) is 15.3 Å². The van der Waals surface area contributed by atoms with Gasteiger partial charge in [-0.25, -0.2) is 0 Å². The van der Waals surface area contributed by atoms with Crippen molar-refractivity contribution in [3.05, 3.63) is 29.8 Å². The highest BCUT2D eigenvalue weighted by Crippen LogP contribution is 2.29. The molecule has 1 N–H and O–H groups in total. The molecule has 1 aliphatic rings. The Morgan fingerprint density at radius 1 is 1.19 bits per heavy atom. The number of nitrogens with zero attached hydrogens (tertiary/aromatic N) is 1. The Morgan fingerprint density at radius 3 is 2.43 bits per heavy atom. The molecule has 2 heteroatoms. The van der Waals surface area contributed by atoms with Crippen LogP contribution in [0.4, 0.5) is 5.69 Å². The average molecular weight is 288 g/mol. The van der Waals surface area contributed by atoms with E-state index in [1.165, 1.54) is 24.1 Å². The molecule has 1 heterocycles. The standard InChI is InChI=1S/C19H32N2/c1-6-12-20-19-11-13-21(16(5)15(19)4)18-9-7-17(8-10-18)14(2)3/h7-10,14-16,19-20H,6,11-13H2,1-5H3. The lowest BCUT2D eigenvalue weighted by Gasteiger charge is -2.44. The van der Waals surface area contributed by atoms with Gasteiger partial charge in [0.15, 0.2) is 0 Å². The quantitative estimate of drug-likeness (QED) is 0.863. The summed E-state index contributed by atoms with van der Waals surface area (Å²) in [5.74, 6) is 1.30. The van der Waals surface area contributed by atoms with Crippen molar-refractivity contribution < 1.29 is 0 Å². The Hall–Kier alpha value is -1.02. The van der Waals surface area contributed by atoms with Gasteiger partial charge in [-0.1, -0.05) is 39.8 Å². The third kappa shape index (κ3) is 3.79. The largest absolute Gasteiger partial charge is 0.368 e. The van der Waals surface area contributed by atoms with Gasteiger partial charge in [0.2, 0.25) is 0 Å². The lowest BCUT2D eigenvalue weighted by Crippen LogP contribution is -2.53. The first-order valence-corrected chi connectivity index (χ1v) is 8.64. The van der Waals surface area contributed by atoms with Crippen LogP contribution in [0.15, 0.2) is 24.3 Å². The monoisotopic (exact) mass is 288 g/mol. The van der Waals surface area contributed by atoms with Gasteiger partial charge in [-0.15, -0.1) is 0 Å². The molecule has 0 aliphatic carbocycles. The fourth-order valence-electron chi connectivity index (χ4n) is 3.40. The Labute approximate surface area is 130 Å². The number of hydrogen-bond donors (Lipinski definition) is 1. The number of anilines is 1. The number of hydrogen-bond acceptors (Lipinski definition) is 2. The minimum atomic E-state index is 0.595. The van der Waals surface area contributed by atoms with E-state index in [1.807, 2.05) is 0 Å². The molecule has 3 atom stereocenters. The Bertz CT molecular complexity index is 424. The fourth-order valence-corrected chi connectivity index (χ4v) is 3.40. The van der Waals surface area contributed by atoms with E-state index in [0.29, 0.717) is 23.9 Å². The summed E-state index contributed by atoms with van der Waals surface area (Å²) in [6.07, 6.45) is 2.47. The van der Waals surface area contributed by atoms with E-state index in [2.05, 4.69) is 69.1 Å². The second kappa shape index (κ2) is 7.31. The van der Waals surface area contributed by atoms with E-state index in [9.17, 15) is 0 Å². The van der Waals surface area contributed by atoms with Gasteiger partial charge in [-0.05, 0) is 55.8 Å². The lowest BCUT2D eigenvalue weighted by molar-refractivity contribution is 0.271. The zero-order valence-electron chi connectivity index (χ0n) is 14.4. The molecular formula is C19H32N2. The molecule has 2 rings (SSSR count). The smallest absolute Gasteiger partial charge is 0.0368 e. The first kappa shape index (κ1) is 16.4. The summed E-state index contributed by atoms with van der Waals surface area (Å²) in [7, 11) is 0. The van der Waals surface area contributed by atoms with Gasteiger partial charge in [-0.3, -0.25) is 0 Å². The summed E-state index contributed by atoms with van der Waals surface area (Å²) in [5, 5.41) is 3.72. The number of nitrogens with one attached hydrogen (secondary N) is 1. The van der Waals surface area contributed by atoms with Crippen molar-refractivity contribution >= 4 is 5.69 Å². The molecule has 118 valence electrons. The van der Waals surface area contributed by atoms with Crippen LogP contribution < -0.4 is 10.2 Å². The van der Waals surface area contributed by atoms with Gasteiger partial charge >= 0.3 is 0 Å². The Kier molecular flexibility index (Phi) is 5.69. The lowest BCUT2D eigenvalue weighted by atomic mass is 9.86. The highest BCUT2D eigenvalue weighted by Gasteiger charge is 2.31. The maximum Gasteiger partial charge on any atom is 0.0368 e. The van der Waals surface area contributed by atoms with E-state index in [-0.39, 0.29) is 0 Å². The molecule has 1 saturated heterocycles. The van der Waals surface area contributed by atoms with Gasteiger partial charge < -0.3 is 10.2 Å². The molecule has 21 heavy (non-hydrogen) atoms. The van der Waals surface area contributed by atoms with Crippen molar-refractivity contribution in [3.63, 3.8) is 0 Å². The van der Waals surface area contributed by atoms with E-state index in [0.717, 1.165) is 13.1 Å². The van der Waals surface area contributed by atoms with Crippen LogP contribution in [0.2, 0.25) is 0 Å². The van der Waals surface area contributed by atoms with Crippen LogP contribution in [0.3, 0.4) is 0 Å². The molecular weight excluding hydrogens is 256 g/mol. The summed E-state index contributed by atoms with van der Waals surface area (Å²) in [6, 6.07) is 10.5. The maximum absolute atomic E-state index is 3.72. The van der Waals surface area contributed by atoms with Gasteiger partial charge in [-0.2, -0.15) is 0 Å². The van der Waals surface area contributed by atoms with Gasteiger partial charge in [0, 0.05) is 24.3 Å². The Morgan fingerprint density at radius 2 is 1.86 bits per heavy atom. The van der Waals surface area contributed by atoms with Crippen LogP contribution in [-0.2, 0) is 0 Å². The first-order chi connectivity index (χ1) is 10.0. The van der Waals surface area contributed by atoms with E-state index in [4.69, 9.17) is 0 Å². The minimum absolute atomic E-state index is 0.595. The van der Waals surface area contributed by atoms with Crippen molar-refractivity contribution in [2.24, 2.45) is 5.92 Å². The molecule has 0 spiro atoms. The van der Waals surface area contributed by atoms with Crippen LogP contribution in [0.1, 0.15) is 58.9 Å². The second-order valence-electron chi connectivity index (χ2n) is 6.89. The zero-order valence-corrected chi connectivity index (χ0v) is 14.4. The summed E-state index contributed by atoms with van der Waals surface area (Å²) in [5.41, 5.74) is 2.81. The number of piperidine rings is 1. The van der Waals surface area contributed by atoms with Crippen LogP contribution in [0.5, 0.6) is 0 Å². The minimum Gasteiger partial charge on any atom is -0.368 e. The second-order valence-corrected chi connectivity index (χ2v) is 6.89. The molecule has 1 aromatic rings. The van der Waals surface area contributed by atoms with Gasteiger partial charge in [0.25, 0.3) is 0 Å². The molecule has 1 fully saturated rings. The van der Waals surface area contributed by atoms with Crippen molar-refractivity contribution in [2.45, 2.75) is 65.5 Å². The van der Waals surface area contributed by atoms with Gasteiger partial charge in [0.05, 0.1) is 0 Å². The van der Waals surface area contributed by atoms with Gasteiger partial charge in [0.1, 0.15) is 0 Å². The molecule has 0 bridgehead atoms. The van der Waals surface area contributed by atoms with Crippen molar-refractivity contribution in [1.82, 2.24) is 5.32 Å². The maximum atomic E-state index is 3.72. The normalized spacial score (nSPS) is 26.4. The summed E-state index contributed by atoms with van der Waals surface area (Å²) in [4.78, 5) is 2.58. The predicted octanol–water partition coefficient (Wildman–Crippen LogP) is 4.41. The third-order valence-corrected chi connectivity index (χ3v) is 5.12. The summed E-state index contributed by atoms with van der Waals surface area (Å²) >= 11 is 0. The summed E-state index contributed by atoms with van der Waals surface area (Å²) in [6.45, 7) is 13.8. The predicted molar refractivity (Wildman–Crippen MR) is 93.2 cm³/mol. The van der Waals surface area contributed by atoms with Crippen LogP contribution in [-0.4, -0.2) is 25.2 Å². The summed E-state index contributed by atoms with van der Waals surface area (Å²) < 4.78 is 0. The zero-order chi connectivity index (χ0) is 15.4. The molecule has 0 amide bonds. The number of rotatable bonds is 5. The molecule has 0 saturated carbocycles. The van der Waals surface area contributed by atoms with Crippen molar-refractivity contribution in [2.75, 3.05) is 18.0 Å². The highest BCUT2D eigenvalue weighted by molar-refractivity contribution is 5.49. The third-order valence-electron chi connectivity index (χ3n) is 5.12. The average Bonchev–Trinajstić information content (AvgIpc) is 2.49. The van der Waals surface area contributed by atoms with E-state index in [1.54, 1.807) is 0 Å². The SMILES string of the molecule is CCCNC1CCN(c2ccc(C(C)C)cc2)C(C)C1C. The fraction of sp³-hybridized carbons (Fsp3) is 0.684. The van der Waals surface area contributed by atoms with E-state index < -0.39 is 0 Å². The Balaban J connectivity index is 2.04. The van der Waals surface area contributed by atoms with Crippen LogP contribution in [0, 0.1) is 5.92 Å². The van der Waals surface area contributed by atoms with Crippen molar-refractivity contribution in [1.29, 1.82) is 0 Å². The molecule has 1 aromatic carbocycles. The molecule has 1 aliphatic heterocycles. The van der Waals surface area contributed by atoms with Crippen LogP contribution in [0.25, 0.3) is 0 Å². The first-order valence-electron chi connectivity index (χ1n) is 8.64.